The Hall–Kier alpha value is -2.21. The monoisotopic (exact) mass is 273 g/mol. The number of carbonyl (C=O) groups is 2. The Labute approximate surface area is 113 Å². The second-order valence-corrected chi connectivity index (χ2v) is 5.22. The number of aromatic nitrogens is 1. The smallest absolute Gasteiger partial charge is 0.261 e. The minimum absolute atomic E-state index is 0.253. The van der Waals surface area contributed by atoms with Crippen molar-refractivity contribution in [1.82, 2.24) is 9.88 Å². The molecule has 0 radical (unpaired) electrons. The van der Waals surface area contributed by atoms with Crippen molar-refractivity contribution in [3.63, 3.8) is 0 Å². The number of anilines is 1. The molecule has 19 heavy (non-hydrogen) atoms. The van der Waals surface area contributed by atoms with Gasteiger partial charge in [-0.2, -0.15) is 0 Å². The molecule has 1 aliphatic rings. The van der Waals surface area contributed by atoms with Crippen LogP contribution in [0.15, 0.2) is 29.8 Å². The summed E-state index contributed by atoms with van der Waals surface area (Å²) in [4.78, 5) is 29.7. The third-order valence-electron chi connectivity index (χ3n) is 3.03. The van der Waals surface area contributed by atoms with Crippen LogP contribution < -0.4 is 5.73 Å². The van der Waals surface area contributed by atoms with E-state index in [1.54, 1.807) is 24.4 Å². The first-order valence-electron chi connectivity index (χ1n) is 5.81. The number of imide groups is 1. The van der Waals surface area contributed by atoms with Crippen LogP contribution in [0.4, 0.5) is 5.69 Å². The lowest BCUT2D eigenvalue weighted by atomic mass is 10.1. The van der Waals surface area contributed by atoms with Crippen LogP contribution in [-0.4, -0.2) is 28.2 Å². The summed E-state index contributed by atoms with van der Waals surface area (Å²) in [6.45, 7) is 0.347. The first-order valence-corrected chi connectivity index (χ1v) is 6.69. The number of nitrogen functional groups attached to an aromatic ring is 1. The van der Waals surface area contributed by atoms with Crippen molar-refractivity contribution in [2.75, 3.05) is 12.3 Å². The number of nitrogens with zero attached hydrogens (tertiary/aromatic N) is 2. The van der Waals surface area contributed by atoms with Gasteiger partial charge in [-0.05, 0) is 18.2 Å². The van der Waals surface area contributed by atoms with Gasteiger partial charge in [0.05, 0.1) is 16.1 Å². The highest BCUT2D eigenvalue weighted by atomic mass is 32.1. The Morgan fingerprint density at radius 3 is 2.74 bits per heavy atom. The standard InChI is InChI=1S/C13H11N3O2S/c14-8-1-2-9-10(7-8)13(18)16(12(9)17)5-3-11-15-4-6-19-11/h1-2,4,6-7H,3,5,14H2. The predicted octanol–water partition coefficient (Wildman–Crippen LogP) is 1.56. The van der Waals surface area contributed by atoms with Gasteiger partial charge < -0.3 is 5.73 Å². The van der Waals surface area contributed by atoms with E-state index in [1.807, 2.05) is 5.38 Å². The average Bonchev–Trinajstić information content (AvgIpc) is 2.98. The van der Waals surface area contributed by atoms with E-state index < -0.39 is 0 Å². The third kappa shape index (κ3) is 2.00. The molecule has 3 rings (SSSR count). The Balaban J connectivity index is 1.82. The average molecular weight is 273 g/mol. The van der Waals surface area contributed by atoms with E-state index in [1.165, 1.54) is 16.2 Å². The zero-order chi connectivity index (χ0) is 13.4. The van der Waals surface area contributed by atoms with Crippen molar-refractivity contribution >= 4 is 28.8 Å². The summed E-state index contributed by atoms with van der Waals surface area (Å²) in [5.41, 5.74) is 6.95. The maximum Gasteiger partial charge on any atom is 0.261 e. The summed E-state index contributed by atoms with van der Waals surface area (Å²) in [6, 6.07) is 4.79. The molecule has 0 saturated carbocycles. The number of thiazole rings is 1. The summed E-state index contributed by atoms with van der Waals surface area (Å²) < 4.78 is 0. The topological polar surface area (TPSA) is 76.3 Å². The quantitative estimate of drug-likeness (QED) is 0.680. The molecule has 2 heterocycles. The fourth-order valence-corrected chi connectivity index (χ4v) is 2.70. The molecule has 2 aromatic rings. The zero-order valence-electron chi connectivity index (χ0n) is 10.00. The Morgan fingerprint density at radius 1 is 1.21 bits per heavy atom. The van der Waals surface area contributed by atoms with E-state index in [9.17, 15) is 9.59 Å². The maximum absolute atomic E-state index is 12.2. The van der Waals surface area contributed by atoms with Gasteiger partial charge in [0.1, 0.15) is 0 Å². The Bertz CT molecular complexity index is 652. The van der Waals surface area contributed by atoms with Gasteiger partial charge in [0.2, 0.25) is 0 Å². The number of hydrogen-bond acceptors (Lipinski definition) is 5. The van der Waals surface area contributed by atoms with Crippen LogP contribution in [-0.2, 0) is 6.42 Å². The van der Waals surface area contributed by atoms with Crippen LogP contribution in [0.25, 0.3) is 0 Å². The van der Waals surface area contributed by atoms with Gasteiger partial charge in [0.25, 0.3) is 11.8 Å². The van der Waals surface area contributed by atoms with E-state index >= 15 is 0 Å². The first kappa shape index (κ1) is 11.9. The van der Waals surface area contributed by atoms with Gasteiger partial charge in [-0.3, -0.25) is 14.5 Å². The van der Waals surface area contributed by atoms with E-state index in [-0.39, 0.29) is 11.8 Å². The molecule has 5 nitrogen and oxygen atoms in total. The van der Waals surface area contributed by atoms with Crippen LogP contribution in [0.5, 0.6) is 0 Å². The van der Waals surface area contributed by atoms with Crippen LogP contribution in [0, 0.1) is 0 Å². The molecule has 0 atom stereocenters. The van der Waals surface area contributed by atoms with Crippen molar-refractivity contribution in [1.29, 1.82) is 0 Å². The van der Waals surface area contributed by atoms with Crippen LogP contribution in [0.1, 0.15) is 25.7 Å². The van der Waals surface area contributed by atoms with Gasteiger partial charge in [0.15, 0.2) is 0 Å². The molecule has 2 N–H and O–H groups in total. The van der Waals surface area contributed by atoms with E-state index in [4.69, 9.17) is 5.73 Å². The fourth-order valence-electron chi connectivity index (χ4n) is 2.10. The second kappa shape index (κ2) is 4.47. The molecule has 0 spiro atoms. The Kier molecular flexibility index (Phi) is 2.79. The summed E-state index contributed by atoms with van der Waals surface area (Å²) in [5.74, 6) is -0.527. The summed E-state index contributed by atoms with van der Waals surface area (Å²) in [7, 11) is 0. The normalized spacial score (nSPS) is 14.0. The van der Waals surface area contributed by atoms with Gasteiger partial charge in [-0.15, -0.1) is 11.3 Å². The number of amides is 2. The molecule has 0 bridgehead atoms. The lowest BCUT2D eigenvalue weighted by molar-refractivity contribution is 0.0656. The third-order valence-corrected chi connectivity index (χ3v) is 3.87. The lowest BCUT2D eigenvalue weighted by Gasteiger charge is -2.12. The molecule has 0 fully saturated rings. The minimum Gasteiger partial charge on any atom is -0.399 e. The highest BCUT2D eigenvalue weighted by Gasteiger charge is 2.35. The molecule has 0 aliphatic carbocycles. The number of benzene rings is 1. The number of carbonyl (C=O) groups excluding carboxylic acids is 2. The molecule has 0 saturated heterocycles. The molecule has 0 unspecified atom stereocenters. The Morgan fingerprint density at radius 2 is 2.00 bits per heavy atom. The van der Waals surface area contributed by atoms with Crippen LogP contribution in [0.2, 0.25) is 0 Å². The minimum atomic E-state index is -0.274. The van der Waals surface area contributed by atoms with Gasteiger partial charge in [0, 0.05) is 30.2 Å². The first-order chi connectivity index (χ1) is 9.16. The van der Waals surface area contributed by atoms with Crippen LogP contribution in [0.3, 0.4) is 0 Å². The molecule has 6 heteroatoms. The van der Waals surface area contributed by atoms with Crippen molar-refractivity contribution < 1.29 is 9.59 Å². The van der Waals surface area contributed by atoms with Gasteiger partial charge in [-0.25, -0.2) is 4.98 Å². The number of fused-ring (bicyclic) bond motifs is 1. The summed E-state index contributed by atoms with van der Waals surface area (Å²) >= 11 is 1.51. The maximum atomic E-state index is 12.2. The molecule has 96 valence electrons. The SMILES string of the molecule is Nc1ccc2c(c1)C(=O)N(CCc1nccs1)C2=O. The lowest BCUT2D eigenvalue weighted by Crippen LogP contribution is -2.31. The summed E-state index contributed by atoms with van der Waals surface area (Å²) in [6.07, 6.45) is 2.29. The van der Waals surface area contributed by atoms with Crippen molar-refractivity contribution in [3.8, 4) is 0 Å². The molecular formula is C13H11N3O2S. The second-order valence-electron chi connectivity index (χ2n) is 4.24. The largest absolute Gasteiger partial charge is 0.399 e. The van der Waals surface area contributed by atoms with Crippen LogP contribution >= 0.6 is 11.3 Å². The molecule has 1 aliphatic heterocycles. The van der Waals surface area contributed by atoms with Crippen molar-refractivity contribution in [2.45, 2.75) is 6.42 Å². The number of hydrogen-bond donors (Lipinski definition) is 1. The highest BCUT2D eigenvalue weighted by Crippen LogP contribution is 2.25. The number of rotatable bonds is 3. The van der Waals surface area contributed by atoms with Crippen molar-refractivity contribution in [3.05, 3.63) is 45.9 Å². The zero-order valence-corrected chi connectivity index (χ0v) is 10.8. The summed E-state index contributed by atoms with van der Waals surface area (Å²) in [5, 5.41) is 2.79. The number of nitrogens with two attached hydrogens (primary N) is 1. The van der Waals surface area contributed by atoms with Crippen molar-refractivity contribution in [2.24, 2.45) is 0 Å². The van der Waals surface area contributed by atoms with Gasteiger partial charge in [-0.1, -0.05) is 0 Å². The molecule has 1 aromatic carbocycles. The molecule has 2 amide bonds. The molecular weight excluding hydrogens is 262 g/mol. The fraction of sp³-hybridized carbons (Fsp3) is 0.154. The van der Waals surface area contributed by atoms with E-state index in [0.29, 0.717) is 29.8 Å². The predicted molar refractivity (Wildman–Crippen MR) is 72.0 cm³/mol. The highest BCUT2D eigenvalue weighted by molar-refractivity contribution is 7.09. The van der Waals surface area contributed by atoms with Gasteiger partial charge >= 0.3 is 0 Å². The molecule has 1 aromatic heterocycles. The van der Waals surface area contributed by atoms with E-state index in [0.717, 1.165) is 5.01 Å². The van der Waals surface area contributed by atoms with E-state index in [2.05, 4.69) is 4.98 Å².